The molecular formula is C16H17F3N2. The van der Waals surface area contributed by atoms with Crippen LogP contribution in [0.2, 0.25) is 0 Å². The van der Waals surface area contributed by atoms with Crippen molar-refractivity contribution in [2.75, 3.05) is 7.05 Å². The first-order valence-corrected chi connectivity index (χ1v) is 6.71. The summed E-state index contributed by atoms with van der Waals surface area (Å²) in [6, 6.07) is 9.41. The van der Waals surface area contributed by atoms with E-state index in [1.807, 2.05) is 19.2 Å². The van der Waals surface area contributed by atoms with Gasteiger partial charge in [-0.2, -0.15) is 13.2 Å². The van der Waals surface area contributed by atoms with Gasteiger partial charge in [0.1, 0.15) is 0 Å². The summed E-state index contributed by atoms with van der Waals surface area (Å²) in [5.41, 5.74) is 1.19. The molecule has 0 fully saturated rings. The fourth-order valence-corrected chi connectivity index (χ4v) is 2.24. The number of aromatic nitrogens is 1. The van der Waals surface area contributed by atoms with Crippen molar-refractivity contribution in [3.05, 3.63) is 65.5 Å². The number of halogens is 3. The van der Waals surface area contributed by atoms with E-state index in [1.54, 1.807) is 18.5 Å². The first kappa shape index (κ1) is 15.5. The van der Waals surface area contributed by atoms with E-state index in [-0.39, 0.29) is 6.04 Å². The monoisotopic (exact) mass is 294 g/mol. The number of benzene rings is 1. The molecule has 2 nitrogen and oxygen atoms in total. The zero-order chi connectivity index (χ0) is 15.3. The smallest absolute Gasteiger partial charge is 0.316 e. The predicted octanol–water partition coefficient (Wildman–Crippen LogP) is 3.47. The van der Waals surface area contributed by atoms with Crippen LogP contribution in [0.3, 0.4) is 0 Å². The Morgan fingerprint density at radius 1 is 1.05 bits per heavy atom. The molecule has 1 atom stereocenters. The standard InChI is InChI=1S/C16H17F3N2/c1-20-15(10-12-5-7-21-8-6-12)11-13-3-2-4-14(9-13)16(17,18)19/h2-9,15,20H,10-11H2,1H3. The summed E-state index contributed by atoms with van der Waals surface area (Å²) in [7, 11) is 1.82. The summed E-state index contributed by atoms with van der Waals surface area (Å²) in [5.74, 6) is 0. The second kappa shape index (κ2) is 6.72. The Balaban J connectivity index is 2.08. The summed E-state index contributed by atoms with van der Waals surface area (Å²) in [4.78, 5) is 3.96. The highest BCUT2D eigenvalue weighted by Gasteiger charge is 2.30. The first-order chi connectivity index (χ1) is 9.99. The molecule has 21 heavy (non-hydrogen) atoms. The van der Waals surface area contributed by atoms with E-state index in [2.05, 4.69) is 10.3 Å². The van der Waals surface area contributed by atoms with Gasteiger partial charge in [-0.05, 0) is 49.2 Å². The van der Waals surface area contributed by atoms with Gasteiger partial charge in [-0.25, -0.2) is 0 Å². The van der Waals surface area contributed by atoms with Crippen LogP contribution in [0.4, 0.5) is 13.2 Å². The summed E-state index contributed by atoms with van der Waals surface area (Å²) < 4.78 is 38.1. The van der Waals surface area contributed by atoms with Crippen LogP contribution in [0.5, 0.6) is 0 Å². The van der Waals surface area contributed by atoms with E-state index in [1.165, 1.54) is 12.1 Å². The minimum Gasteiger partial charge on any atom is -0.316 e. The highest BCUT2D eigenvalue weighted by molar-refractivity contribution is 5.26. The Hall–Kier alpha value is -1.88. The second-order valence-corrected chi connectivity index (χ2v) is 4.95. The number of rotatable bonds is 5. The van der Waals surface area contributed by atoms with Crippen LogP contribution >= 0.6 is 0 Å². The molecule has 0 aliphatic carbocycles. The molecule has 0 amide bonds. The summed E-state index contributed by atoms with van der Waals surface area (Å²) in [5, 5.41) is 3.16. The number of nitrogens with zero attached hydrogens (tertiary/aromatic N) is 1. The van der Waals surface area contributed by atoms with E-state index >= 15 is 0 Å². The number of alkyl halides is 3. The van der Waals surface area contributed by atoms with Crippen molar-refractivity contribution in [1.29, 1.82) is 0 Å². The van der Waals surface area contributed by atoms with Gasteiger partial charge in [0.05, 0.1) is 5.56 Å². The Morgan fingerprint density at radius 2 is 1.71 bits per heavy atom. The Labute approximate surface area is 122 Å². The molecule has 0 radical (unpaired) electrons. The lowest BCUT2D eigenvalue weighted by Crippen LogP contribution is -2.30. The number of hydrogen-bond donors (Lipinski definition) is 1. The topological polar surface area (TPSA) is 24.9 Å². The van der Waals surface area contributed by atoms with E-state index in [0.29, 0.717) is 12.0 Å². The highest BCUT2D eigenvalue weighted by atomic mass is 19.4. The average Bonchev–Trinajstić information content (AvgIpc) is 2.47. The lowest BCUT2D eigenvalue weighted by atomic mass is 9.98. The van der Waals surface area contributed by atoms with Crippen LogP contribution < -0.4 is 5.32 Å². The predicted molar refractivity (Wildman–Crippen MR) is 75.9 cm³/mol. The van der Waals surface area contributed by atoms with Crippen molar-refractivity contribution in [3.8, 4) is 0 Å². The van der Waals surface area contributed by atoms with Crippen LogP contribution in [0.25, 0.3) is 0 Å². The Kier molecular flexibility index (Phi) is 4.96. The molecule has 0 spiro atoms. The minimum absolute atomic E-state index is 0.0795. The molecule has 1 N–H and O–H groups in total. The van der Waals surface area contributed by atoms with Gasteiger partial charge in [0, 0.05) is 18.4 Å². The van der Waals surface area contributed by atoms with Crippen molar-refractivity contribution < 1.29 is 13.2 Å². The number of pyridine rings is 1. The van der Waals surface area contributed by atoms with Crippen LogP contribution in [-0.2, 0) is 19.0 Å². The maximum atomic E-state index is 12.7. The number of hydrogen-bond acceptors (Lipinski definition) is 2. The molecular weight excluding hydrogens is 277 g/mol. The van der Waals surface area contributed by atoms with E-state index in [0.717, 1.165) is 18.1 Å². The molecule has 1 heterocycles. The van der Waals surface area contributed by atoms with Gasteiger partial charge in [0.2, 0.25) is 0 Å². The first-order valence-electron chi connectivity index (χ1n) is 6.71. The van der Waals surface area contributed by atoms with Gasteiger partial charge < -0.3 is 5.32 Å². The van der Waals surface area contributed by atoms with Gasteiger partial charge in [-0.1, -0.05) is 18.2 Å². The zero-order valence-corrected chi connectivity index (χ0v) is 11.7. The Morgan fingerprint density at radius 3 is 2.33 bits per heavy atom. The quantitative estimate of drug-likeness (QED) is 0.913. The molecule has 0 aliphatic rings. The third-order valence-electron chi connectivity index (χ3n) is 3.38. The van der Waals surface area contributed by atoms with Crippen molar-refractivity contribution in [3.63, 3.8) is 0 Å². The van der Waals surface area contributed by atoms with Crippen LogP contribution in [0.15, 0.2) is 48.8 Å². The summed E-state index contributed by atoms with van der Waals surface area (Å²) in [6.07, 6.45) is 0.424. The Bertz CT molecular complexity index is 567. The molecule has 0 saturated heterocycles. The van der Waals surface area contributed by atoms with Gasteiger partial charge in [-0.3, -0.25) is 4.98 Å². The van der Waals surface area contributed by atoms with Gasteiger partial charge in [0.15, 0.2) is 0 Å². The third-order valence-corrected chi connectivity index (χ3v) is 3.38. The lowest BCUT2D eigenvalue weighted by Gasteiger charge is -2.17. The van der Waals surface area contributed by atoms with Crippen molar-refractivity contribution in [2.24, 2.45) is 0 Å². The van der Waals surface area contributed by atoms with Gasteiger partial charge in [0.25, 0.3) is 0 Å². The summed E-state index contributed by atoms with van der Waals surface area (Å²) >= 11 is 0. The third kappa shape index (κ3) is 4.56. The molecule has 2 aromatic rings. The normalized spacial score (nSPS) is 13.1. The fraction of sp³-hybridized carbons (Fsp3) is 0.312. The van der Waals surface area contributed by atoms with Crippen molar-refractivity contribution >= 4 is 0 Å². The maximum Gasteiger partial charge on any atom is 0.416 e. The van der Waals surface area contributed by atoms with E-state index in [4.69, 9.17) is 0 Å². The molecule has 1 unspecified atom stereocenters. The minimum atomic E-state index is -4.30. The maximum absolute atomic E-state index is 12.7. The zero-order valence-electron chi connectivity index (χ0n) is 11.7. The molecule has 5 heteroatoms. The molecule has 0 bridgehead atoms. The largest absolute Gasteiger partial charge is 0.416 e. The highest BCUT2D eigenvalue weighted by Crippen LogP contribution is 2.29. The van der Waals surface area contributed by atoms with Gasteiger partial charge >= 0.3 is 6.18 Å². The van der Waals surface area contributed by atoms with E-state index in [9.17, 15) is 13.2 Å². The molecule has 1 aromatic carbocycles. The SMILES string of the molecule is CNC(Cc1ccncc1)Cc1cccc(C(F)(F)F)c1. The second-order valence-electron chi connectivity index (χ2n) is 4.95. The van der Waals surface area contributed by atoms with E-state index < -0.39 is 11.7 Å². The van der Waals surface area contributed by atoms with Crippen molar-refractivity contribution in [1.82, 2.24) is 10.3 Å². The van der Waals surface area contributed by atoms with Crippen LogP contribution in [0.1, 0.15) is 16.7 Å². The number of nitrogens with one attached hydrogen (secondary N) is 1. The van der Waals surface area contributed by atoms with Gasteiger partial charge in [-0.15, -0.1) is 0 Å². The molecule has 112 valence electrons. The summed E-state index contributed by atoms with van der Waals surface area (Å²) in [6.45, 7) is 0. The van der Waals surface area contributed by atoms with Crippen LogP contribution in [-0.4, -0.2) is 18.1 Å². The lowest BCUT2D eigenvalue weighted by molar-refractivity contribution is -0.137. The number of likely N-dealkylation sites (N-methyl/N-ethyl adjacent to an activating group) is 1. The van der Waals surface area contributed by atoms with Crippen molar-refractivity contribution in [2.45, 2.75) is 25.1 Å². The molecule has 2 rings (SSSR count). The fourth-order valence-electron chi connectivity index (χ4n) is 2.24. The van der Waals surface area contributed by atoms with Crippen LogP contribution in [0, 0.1) is 0 Å². The molecule has 1 aromatic heterocycles. The molecule has 0 saturated carbocycles. The average molecular weight is 294 g/mol. The molecule has 0 aliphatic heterocycles.